The lowest BCUT2D eigenvalue weighted by atomic mass is 9.99. The number of amides is 1. The smallest absolute Gasteiger partial charge is 0.257 e. The van der Waals surface area contributed by atoms with Crippen LogP contribution in [0.2, 0.25) is 0 Å². The number of aromatic nitrogens is 4. The van der Waals surface area contributed by atoms with Gasteiger partial charge in [0.2, 0.25) is 0 Å². The molecule has 0 saturated carbocycles. The Labute approximate surface area is 220 Å². The number of ether oxygens (including phenoxy) is 1. The highest BCUT2D eigenvalue weighted by Crippen LogP contribution is 2.31. The summed E-state index contributed by atoms with van der Waals surface area (Å²) in [5, 5.41) is 16.2. The number of nitrogens with zero attached hydrogens (tertiary/aromatic N) is 6. The van der Waals surface area contributed by atoms with Crippen molar-refractivity contribution in [3.63, 3.8) is 0 Å². The Morgan fingerprint density at radius 2 is 1.76 bits per heavy atom. The second-order valence-corrected chi connectivity index (χ2v) is 9.34. The average Bonchev–Trinajstić information content (AvgIpc) is 3.60. The first-order valence-electron chi connectivity index (χ1n) is 12.6. The minimum atomic E-state index is -0.0337. The van der Waals surface area contributed by atoms with Crippen LogP contribution in [0.3, 0.4) is 0 Å². The maximum absolute atomic E-state index is 13.7. The highest BCUT2D eigenvalue weighted by molar-refractivity contribution is 6.04. The summed E-state index contributed by atoms with van der Waals surface area (Å²) >= 11 is 0. The maximum atomic E-state index is 13.7. The van der Waals surface area contributed by atoms with E-state index in [1.807, 2.05) is 70.5 Å². The zero-order valence-corrected chi connectivity index (χ0v) is 20.8. The number of hydrogen-bond acceptors (Lipinski definition) is 5. The molecule has 8 nitrogen and oxygen atoms in total. The molecule has 2 aromatic heterocycles. The molecule has 1 amide bonds. The minimum Gasteiger partial charge on any atom is -0.378 e. The summed E-state index contributed by atoms with van der Waals surface area (Å²) in [5.74, 6) is -0.0337. The molecule has 1 aliphatic heterocycles. The van der Waals surface area contributed by atoms with Gasteiger partial charge in [0, 0.05) is 31.4 Å². The summed E-state index contributed by atoms with van der Waals surface area (Å²) in [6, 6.07) is 24.0. The van der Waals surface area contributed by atoms with Crippen LogP contribution in [-0.2, 0) is 17.8 Å². The molecule has 188 valence electrons. The molecule has 6 rings (SSSR count). The van der Waals surface area contributed by atoms with Crippen LogP contribution in [0.4, 0.5) is 0 Å². The Hall–Kier alpha value is -4.74. The molecular formula is C30H26N6O2. The Morgan fingerprint density at radius 3 is 2.58 bits per heavy atom. The van der Waals surface area contributed by atoms with Crippen LogP contribution in [0.15, 0.2) is 85.5 Å². The number of rotatable bonds is 6. The minimum absolute atomic E-state index is 0.0337. The number of hydrogen-bond donors (Lipinski definition) is 0. The van der Waals surface area contributed by atoms with Crippen LogP contribution in [0.1, 0.15) is 27.2 Å². The maximum Gasteiger partial charge on any atom is 0.257 e. The molecule has 0 radical (unpaired) electrons. The van der Waals surface area contributed by atoms with E-state index < -0.39 is 0 Å². The van der Waals surface area contributed by atoms with Gasteiger partial charge in [0.1, 0.15) is 5.69 Å². The van der Waals surface area contributed by atoms with Crippen molar-refractivity contribution in [2.75, 3.05) is 26.3 Å². The monoisotopic (exact) mass is 502 g/mol. The SMILES string of the molecule is N#Cc1ccc(Cn2cncc2Cn2cc(C(=O)N3CCOCC3)c(-c3cccc4ccccc34)n2)cc1. The van der Waals surface area contributed by atoms with Crippen molar-refractivity contribution in [2.24, 2.45) is 0 Å². The first kappa shape index (κ1) is 23.6. The third-order valence-electron chi connectivity index (χ3n) is 6.89. The zero-order valence-electron chi connectivity index (χ0n) is 20.8. The second kappa shape index (κ2) is 10.3. The van der Waals surface area contributed by atoms with Crippen molar-refractivity contribution < 1.29 is 9.53 Å². The summed E-state index contributed by atoms with van der Waals surface area (Å²) in [6.07, 6.45) is 5.47. The Morgan fingerprint density at radius 1 is 0.974 bits per heavy atom. The van der Waals surface area contributed by atoms with Crippen LogP contribution in [0.5, 0.6) is 0 Å². The number of carbonyl (C=O) groups is 1. The van der Waals surface area contributed by atoms with Crippen LogP contribution >= 0.6 is 0 Å². The van der Waals surface area contributed by atoms with Gasteiger partial charge in [-0.3, -0.25) is 9.48 Å². The third kappa shape index (κ3) is 4.67. The van der Waals surface area contributed by atoms with Gasteiger partial charge in [-0.25, -0.2) is 4.98 Å². The number of nitriles is 1. The van der Waals surface area contributed by atoms with Gasteiger partial charge in [0.05, 0.1) is 55.2 Å². The highest BCUT2D eigenvalue weighted by atomic mass is 16.5. The van der Waals surface area contributed by atoms with Crippen molar-refractivity contribution in [1.29, 1.82) is 5.26 Å². The van der Waals surface area contributed by atoms with Gasteiger partial charge in [0.15, 0.2) is 0 Å². The lowest BCUT2D eigenvalue weighted by molar-refractivity contribution is 0.0303. The Balaban J connectivity index is 1.36. The molecule has 3 aromatic carbocycles. The van der Waals surface area contributed by atoms with E-state index in [1.54, 1.807) is 6.33 Å². The molecule has 8 heteroatoms. The topological polar surface area (TPSA) is 89.0 Å². The third-order valence-corrected chi connectivity index (χ3v) is 6.89. The average molecular weight is 503 g/mol. The van der Waals surface area contributed by atoms with Gasteiger partial charge in [-0.15, -0.1) is 0 Å². The lowest BCUT2D eigenvalue weighted by Gasteiger charge is -2.26. The van der Waals surface area contributed by atoms with E-state index >= 15 is 0 Å². The van der Waals surface area contributed by atoms with Crippen molar-refractivity contribution in [3.05, 3.63) is 108 Å². The molecule has 0 unspecified atom stereocenters. The molecule has 0 N–H and O–H groups in total. The van der Waals surface area contributed by atoms with Crippen molar-refractivity contribution in [1.82, 2.24) is 24.2 Å². The number of benzene rings is 3. The van der Waals surface area contributed by atoms with Crippen LogP contribution in [0.25, 0.3) is 22.0 Å². The number of fused-ring (bicyclic) bond motifs is 1. The fourth-order valence-electron chi connectivity index (χ4n) is 4.90. The van der Waals surface area contributed by atoms with E-state index in [-0.39, 0.29) is 5.91 Å². The largest absolute Gasteiger partial charge is 0.378 e. The van der Waals surface area contributed by atoms with Crippen molar-refractivity contribution in [3.8, 4) is 17.3 Å². The number of imidazole rings is 1. The van der Waals surface area contributed by atoms with E-state index in [0.717, 1.165) is 27.6 Å². The predicted molar refractivity (Wildman–Crippen MR) is 143 cm³/mol. The fourth-order valence-corrected chi connectivity index (χ4v) is 4.90. The molecule has 0 aliphatic carbocycles. The highest BCUT2D eigenvalue weighted by Gasteiger charge is 2.25. The lowest BCUT2D eigenvalue weighted by Crippen LogP contribution is -2.40. The van der Waals surface area contributed by atoms with Gasteiger partial charge < -0.3 is 14.2 Å². The zero-order chi connectivity index (χ0) is 25.9. The number of morpholine rings is 1. The second-order valence-electron chi connectivity index (χ2n) is 9.34. The van der Waals surface area contributed by atoms with Crippen molar-refractivity contribution >= 4 is 16.7 Å². The molecule has 1 aliphatic rings. The number of carbonyl (C=O) groups excluding carboxylic acids is 1. The fraction of sp³-hybridized carbons (Fsp3) is 0.200. The van der Waals surface area contributed by atoms with Gasteiger partial charge >= 0.3 is 0 Å². The quantitative estimate of drug-likeness (QED) is 0.345. The predicted octanol–water partition coefficient (Wildman–Crippen LogP) is 4.34. The van der Waals surface area contributed by atoms with E-state index in [2.05, 4.69) is 33.8 Å². The Bertz CT molecular complexity index is 1630. The Kier molecular flexibility index (Phi) is 6.42. The van der Waals surface area contributed by atoms with E-state index in [1.165, 1.54) is 0 Å². The van der Waals surface area contributed by atoms with Gasteiger partial charge in [-0.2, -0.15) is 10.4 Å². The molecule has 1 fully saturated rings. The summed E-state index contributed by atoms with van der Waals surface area (Å²) in [6.45, 7) is 3.30. The molecule has 38 heavy (non-hydrogen) atoms. The standard InChI is InChI=1S/C30H26N6O2/c31-16-22-8-10-23(11-9-22)18-35-21-32-17-25(35)19-36-20-28(30(37)34-12-14-38-15-13-34)29(33-36)27-7-3-5-24-4-1-2-6-26(24)27/h1-11,17,20-21H,12-15,18-19H2. The summed E-state index contributed by atoms with van der Waals surface area (Å²) in [4.78, 5) is 19.9. The van der Waals surface area contributed by atoms with Gasteiger partial charge in [-0.05, 0) is 28.5 Å². The van der Waals surface area contributed by atoms with Crippen LogP contribution in [-0.4, -0.2) is 56.4 Å². The molecule has 3 heterocycles. The van der Waals surface area contributed by atoms with Crippen LogP contribution in [0, 0.1) is 11.3 Å². The van der Waals surface area contributed by atoms with E-state index in [9.17, 15) is 4.79 Å². The first-order valence-corrected chi connectivity index (χ1v) is 12.6. The molecule has 0 bridgehead atoms. The first-order chi connectivity index (χ1) is 18.7. The van der Waals surface area contributed by atoms with Gasteiger partial charge in [-0.1, -0.05) is 54.6 Å². The molecule has 1 saturated heterocycles. The molecule has 5 aromatic rings. The normalized spacial score (nSPS) is 13.5. The molecule has 0 atom stereocenters. The summed E-state index contributed by atoms with van der Waals surface area (Å²) in [7, 11) is 0. The summed E-state index contributed by atoms with van der Waals surface area (Å²) in [5.41, 5.74) is 4.87. The van der Waals surface area contributed by atoms with Crippen molar-refractivity contribution in [2.45, 2.75) is 13.1 Å². The van der Waals surface area contributed by atoms with E-state index in [4.69, 9.17) is 15.1 Å². The molecule has 0 spiro atoms. The van der Waals surface area contributed by atoms with Gasteiger partial charge in [0.25, 0.3) is 5.91 Å². The van der Waals surface area contributed by atoms with Crippen LogP contribution < -0.4 is 0 Å². The van der Waals surface area contributed by atoms with E-state index in [0.29, 0.717) is 56.2 Å². The summed E-state index contributed by atoms with van der Waals surface area (Å²) < 4.78 is 9.36. The molecular weight excluding hydrogens is 476 g/mol.